The molecule has 8 nitrogen and oxygen atoms in total. The third-order valence-corrected chi connectivity index (χ3v) is 2.60. The van der Waals surface area contributed by atoms with Crippen LogP contribution in [0.15, 0.2) is 47.4 Å². The first-order valence-corrected chi connectivity index (χ1v) is 5.73. The molecule has 3 N–H and O–H groups in total. The van der Waals surface area contributed by atoms with E-state index >= 15 is 0 Å². The summed E-state index contributed by atoms with van der Waals surface area (Å²) < 4.78 is 6.07. The van der Waals surface area contributed by atoms with Gasteiger partial charge in [-0.3, -0.25) is 4.79 Å². The van der Waals surface area contributed by atoms with E-state index in [4.69, 9.17) is 5.73 Å². The van der Waals surface area contributed by atoms with Gasteiger partial charge in [0.05, 0.1) is 5.69 Å². The van der Waals surface area contributed by atoms with Crippen LogP contribution in [0.5, 0.6) is 0 Å². The van der Waals surface area contributed by atoms with Crippen LogP contribution in [0.25, 0.3) is 5.69 Å². The van der Waals surface area contributed by atoms with Crippen LogP contribution in [0.1, 0.15) is 10.5 Å². The highest BCUT2D eigenvalue weighted by molar-refractivity contribution is 6.05. The number of benzene rings is 1. The zero-order valence-corrected chi connectivity index (χ0v) is 10.2. The van der Waals surface area contributed by atoms with Crippen LogP contribution in [0.4, 0.5) is 11.5 Å². The second kappa shape index (κ2) is 4.84. The molecule has 0 aliphatic heterocycles. The number of hydrogen-bond donors (Lipinski definition) is 2. The average molecular weight is 270 g/mol. The molecule has 0 saturated heterocycles. The number of aromatic nitrogens is 4. The number of nitrogens with two attached hydrogens (primary N) is 1. The van der Waals surface area contributed by atoms with E-state index in [9.17, 15) is 4.79 Å². The van der Waals surface area contributed by atoms with Gasteiger partial charge in [-0.2, -0.15) is 5.10 Å². The van der Waals surface area contributed by atoms with Crippen molar-refractivity contribution in [2.75, 3.05) is 11.1 Å². The maximum Gasteiger partial charge on any atom is 0.281 e. The SMILES string of the molecule is Nc1nonc1C(=O)Nc1cccc(-n2cccn2)c1. The van der Waals surface area contributed by atoms with Gasteiger partial charge in [-0.1, -0.05) is 6.07 Å². The lowest BCUT2D eigenvalue weighted by molar-refractivity contribution is 0.101. The Morgan fingerprint density at radius 1 is 1.30 bits per heavy atom. The summed E-state index contributed by atoms with van der Waals surface area (Å²) in [6, 6.07) is 9.00. The molecule has 2 heterocycles. The van der Waals surface area contributed by atoms with Crippen molar-refractivity contribution in [1.29, 1.82) is 0 Å². The van der Waals surface area contributed by atoms with Crippen molar-refractivity contribution >= 4 is 17.4 Å². The van der Waals surface area contributed by atoms with Gasteiger partial charge < -0.3 is 11.1 Å². The molecule has 0 fully saturated rings. The molecule has 0 aliphatic carbocycles. The Bertz CT molecular complexity index is 734. The van der Waals surface area contributed by atoms with Crippen molar-refractivity contribution in [3.63, 3.8) is 0 Å². The van der Waals surface area contributed by atoms with E-state index in [2.05, 4.69) is 25.4 Å². The first-order chi connectivity index (χ1) is 9.74. The number of nitrogens with zero attached hydrogens (tertiary/aromatic N) is 4. The summed E-state index contributed by atoms with van der Waals surface area (Å²) in [5.41, 5.74) is 6.82. The Balaban J connectivity index is 1.83. The molecule has 20 heavy (non-hydrogen) atoms. The second-order valence-corrected chi connectivity index (χ2v) is 3.95. The minimum atomic E-state index is -0.485. The number of anilines is 2. The summed E-state index contributed by atoms with van der Waals surface area (Å²) in [4.78, 5) is 11.9. The van der Waals surface area contributed by atoms with Crippen LogP contribution in [-0.4, -0.2) is 26.0 Å². The second-order valence-electron chi connectivity index (χ2n) is 3.95. The lowest BCUT2D eigenvalue weighted by Crippen LogP contribution is -2.14. The Hall–Kier alpha value is -3.16. The standard InChI is InChI=1S/C12H10N6O2/c13-11-10(16-20-17-11)12(19)15-8-3-1-4-9(7-8)18-6-2-5-14-18/h1-7H,(H2,13,17)(H,15,19). The van der Waals surface area contributed by atoms with Gasteiger partial charge >= 0.3 is 0 Å². The molecule has 1 amide bonds. The molecule has 0 atom stereocenters. The zero-order valence-electron chi connectivity index (χ0n) is 10.2. The number of nitrogens with one attached hydrogen (secondary N) is 1. The first-order valence-electron chi connectivity index (χ1n) is 5.73. The fourth-order valence-corrected chi connectivity index (χ4v) is 1.69. The largest absolute Gasteiger partial charge is 0.379 e. The van der Waals surface area contributed by atoms with Crippen LogP contribution < -0.4 is 11.1 Å². The highest BCUT2D eigenvalue weighted by atomic mass is 16.6. The van der Waals surface area contributed by atoms with Crippen molar-refractivity contribution in [3.05, 3.63) is 48.4 Å². The fraction of sp³-hybridized carbons (Fsp3) is 0. The molecule has 0 aliphatic rings. The van der Waals surface area contributed by atoms with Gasteiger partial charge in [0.15, 0.2) is 0 Å². The van der Waals surface area contributed by atoms with Gasteiger partial charge in [0.1, 0.15) is 0 Å². The van der Waals surface area contributed by atoms with E-state index in [1.54, 1.807) is 35.3 Å². The minimum absolute atomic E-state index is 0.0468. The summed E-state index contributed by atoms with van der Waals surface area (Å²) in [6.45, 7) is 0. The van der Waals surface area contributed by atoms with E-state index in [1.165, 1.54) is 0 Å². The van der Waals surface area contributed by atoms with Crippen LogP contribution in [0, 0.1) is 0 Å². The number of hydrogen-bond acceptors (Lipinski definition) is 6. The highest BCUT2D eigenvalue weighted by Gasteiger charge is 2.16. The Morgan fingerprint density at radius 2 is 2.20 bits per heavy atom. The van der Waals surface area contributed by atoms with Crippen molar-refractivity contribution < 1.29 is 9.42 Å². The predicted octanol–water partition coefficient (Wildman–Crippen LogP) is 1.09. The quantitative estimate of drug-likeness (QED) is 0.736. The van der Waals surface area contributed by atoms with Crippen molar-refractivity contribution in [2.45, 2.75) is 0 Å². The highest BCUT2D eigenvalue weighted by Crippen LogP contribution is 2.15. The smallest absolute Gasteiger partial charge is 0.281 e. The maximum atomic E-state index is 11.9. The molecular weight excluding hydrogens is 260 g/mol. The minimum Gasteiger partial charge on any atom is -0.379 e. The molecule has 0 spiro atoms. The van der Waals surface area contributed by atoms with Crippen LogP contribution >= 0.6 is 0 Å². The molecular formula is C12H10N6O2. The Labute approximate surface area is 113 Å². The number of rotatable bonds is 3. The lowest BCUT2D eigenvalue weighted by atomic mass is 10.2. The summed E-state index contributed by atoms with van der Waals surface area (Å²) in [7, 11) is 0. The summed E-state index contributed by atoms with van der Waals surface area (Å²) >= 11 is 0. The molecule has 100 valence electrons. The lowest BCUT2D eigenvalue weighted by Gasteiger charge is -2.06. The summed E-state index contributed by atoms with van der Waals surface area (Å²) in [5.74, 6) is -0.535. The predicted molar refractivity (Wildman–Crippen MR) is 70.2 cm³/mol. The third-order valence-electron chi connectivity index (χ3n) is 2.60. The van der Waals surface area contributed by atoms with E-state index in [-0.39, 0.29) is 11.5 Å². The van der Waals surface area contributed by atoms with Gasteiger partial charge in [0.2, 0.25) is 11.5 Å². The maximum absolute atomic E-state index is 11.9. The number of amides is 1. The Morgan fingerprint density at radius 3 is 2.90 bits per heavy atom. The van der Waals surface area contributed by atoms with Gasteiger partial charge in [0, 0.05) is 18.1 Å². The van der Waals surface area contributed by atoms with Crippen LogP contribution in [0.2, 0.25) is 0 Å². The Kier molecular flexibility index (Phi) is 2.88. The van der Waals surface area contributed by atoms with E-state index in [0.29, 0.717) is 5.69 Å². The number of carbonyl (C=O) groups is 1. The van der Waals surface area contributed by atoms with Gasteiger partial charge in [0.25, 0.3) is 5.91 Å². The van der Waals surface area contributed by atoms with E-state index in [1.807, 2.05) is 12.1 Å². The molecule has 8 heteroatoms. The molecule has 1 aromatic carbocycles. The third kappa shape index (κ3) is 2.21. The molecule has 3 aromatic rings. The monoisotopic (exact) mass is 270 g/mol. The fourth-order valence-electron chi connectivity index (χ4n) is 1.69. The summed E-state index contributed by atoms with van der Waals surface area (Å²) in [5, 5.41) is 13.6. The molecule has 0 saturated carbocycles. The molecule has 0 bridgehead atoms. The van der Waals surface area contributed by atoms with Crippen LogP contribution in [-0.2, 0) is 0 Å². The number of carbonyl (C=O) groups excluding carboxylic acids is 1. The molecule has 0 radical (unpaired) electrons. The molecule has 0 unspecified atom stereocenters. The summed E-state index contributed by atoms with van der Waals surface area (Å²) in [6.07, 6.45) is 3.48. The zero-order chi connectivity index (χ0) is 13.9. The first kappa shape index (κ1) is 11.9. The van der Waals surface area contributed by atoms with E-state index < -0.39 is 5.91 Å². The molecule has 2 aromatic heterocycles. The van der Waals surface area contributed by atoms with Gasteiger partial charge in [-0.15, -0.1) is 0 Å². The van der Waals surface area contributed by atoms with E-state index in [0.717, 1.165) is 5.69 Å². The average Bonchev–Trinajstić information content (AvgIpc) is 3.09. The normalized spacial score (nSPS) is 10.4. The van der Waals surface area contributed by atoms with Crippen molar-refractivity contribution in [1.82, 2.24) is 20.1 Å². The van der Waals surface area contributed by atoms with Crippen molar-refractivity contribution in [3.8, 4) is 5.69 Å². The topological polar surface area (TPSA) is 112 Å². The van der Waals surface area contributed by atoms with Gasteiger partial charge in [-0.25, -0.2) is 9.31 Å². The van der Waals surface area contributed by atoms with Gasteiger partial charge in [-0.05, 0) is 34.6 Å². The number of nitrogen functional groups attached to an aromatic ring is 1. The van der Waals surface area contributed by atoms with Crippen molar-refractivity contribution in [2.24, 2.45) is 0 Å². The molecule has 3 rings (SSSR count). The van der Waals surface area contributed by atoms with Crippen LogP contribution in [0.3, 0.4) is 0 Å².